The lowest BCUT2D eigenvalue weighted by atomic mass is 10.3. The topological polar surface area (TPSA) is 75.7 Å². The van der Waals surface area contributed by atoms with E-state index in [9.17, 15) is 13.2 Å². The zero-order valence-electron chi connectivity index (χ0n) is 13.9. The summed E-state index contributed by atoms with van der Waals surface area (Å²) in [6.45, 7) is 1.87. The Kier molecular flexibility index (Phi) is 6.41. The Labute approximate surface area is 152 Å². The van der Waals surface area contributed by atoms with Crippen LogP contribution in [-0.2, 0) is 14.8 Å². The summed E-state index contributed by atoms with van der Waals surface area (Å²) in [7, 11) is -2.59. The molecule has 0 aliphatic carbocycles. The number of methoxy groups -OCH3 is 1. The van der Waals surface area contributed by atoms with Gasteiger partial charge in [-0.1, -0.05) is 29.8 Å². The quantitative estimate of drug-likeness (QED) is 0.798. The summed E-state index contributed by atoms with van der Waals surface area (Å²) in [6.07, 6.45) is 0. The third-order valence-corrected chi connectivity index (χ3v) is 5.17. The molecule has 0 bridgehead atoms. The zero-order valence-corrected chi connectivity index (χ0v) is 15.5. The molecule has 0 aromatic heterocycles. The molecule has 134 valence electrons. The van der Waals surface area contributed by atoms with Crippen molar-refractivity contribution in [2.75, 3.05) is 25.1 Å². The van der Waals surface area contributed by atoms with E-state index in [1.54, 1.807) is 12.1 Å². The monoisotopic (exact) mass is 382 g/mol. The molecule has 8 heteroatoms. The van der Waals surface area contributed by atoms with Crippen LogP contribution in [0.4, 0.5) is 5.69 Å². The van der Waals surface area contributed by atoms with Crippen LogP contribution in [0.1, 0.15) is 6.92 Å². The molecule has 1 N–H and O–H groups in total. The third kappa shape index (κ3) is 4.72. The molecule has 2 aromatic rings. The summed E-state index contributed by atoms with van der Waals surface area (Å²) < 4.78 is 32.4. The highest BCUT2D eigenvalue weighted by atomic mass is 35.5. The van der Waals surface area contributed by atoms with Crippen molar-refractivity contribution in [1.29, 1.82) is 0 Å². The molecule has 0 saturated carbocycles. The zero-order chi connectivity index (χ0) is 18.4. The normalized spacial score (nSPS) is 11.2. The average Bonchev–Trinajstić information content (AvgIpc) is 2.61. The predicted molar refractivity (Wildman–Crippen MR) is 97.7 cm³/mol. The van der Waals surface area contributed by atoms with Gasteiger partial charge in [-0.05, 0) is 37.3 Å². The smallest absolute Gasteiger partial charge is 0.244 e. The summed E-state index contributed by atoms with van der Waals surface area (Å²) in [5.41, 5.74) is 0.703. The molecule has 1 amide bonds. The second-order valence-corrected chi connectivity index (χ2v) is 7.27. The molecule has 0 spiro atoms. The van der Waals surface area contributed by atoms with Crippen LogP contribution < -0.4 is 14.4 Å². The van der Waals surface area contributed by atoms with Crippen LogP contribution in [0.3, 0.4) is 0 Å². The number of carbonyl (C=O) groups is 1. The number of anilines is 1. The molecule has 0 atom stereocenters. The highest BCUT2D eigenvalue weighted by Crippen LogP contribution is 2.26. The van der Waals surface area contributed by atoms with Crippen molar-refractivity contribution in [3.63, 3.8) is 0 Å². The first-order valence-electron chi connectivity index (χ1n) is 7.57. The molecule has 0 radical (unpaired) electrons. The fraction of sp³-hybridized carbons (Fsp3) is 0.235. The van der Waals surface area contributed by atoms with E-state index in [0.29, 0.717) is 12.2 Å². The Morgan fingerprint density at radius 2 is 1.88 bits per heavy atom. The largest absolute Gasteiger partial charge is 0.495 e. The number of para-hydroxylation sites is 1. The summed E-state index contributed by atoms with van der Waals surface area (Å²) >= 11 is 5.87. The molecule has 0 saturated heterocycles. The number of sulfonamides is 1. The van der Waals surface area contributed by atoms with Gasteiger partial charge in [-0.25, -0.2) is 13.1 Å². The van der Waals surface area contributed by atoms with Crippen molar-refractivity contribution in [3.05, 3.63) is 53.6 Å². The van der Waals surface area contributed by atoms with Crippen molar-refractivity contribution in [1.82, 2.24) is 4.72 Å². The number of benzene rings is 2. The van der Waals surface area contributed by atoms with Gasteiger partial charge >= 0.3 is 0 Å². The van der Waals surface area contributed by atoms with Gasteiger partial charge in [0.1, 0.15) is 10.6 Å². The minimum absolute atomic E-state index is 0.113. The van der Waals surface area contributed by atoms with Crippen molar-refractivity contribution in [2.24, 2.45) is 0 Å². The highest BCUT2D eigenvalue weighted by Gasteiger charge is 2.22. The van der Waals surface area contributed by atoms with Gasteiger partial charge in [0, 0.05) is 17.3 Å². The Balaban J connectivity index is 2.16. The molecular formula is C17H19ClN2O4S. The van der Waals surface area contributed by atoms with E-state index in [-0.39, 0.29) is 28.1 Å². The van der Waals surface area contributed by atoms with Gasteiger partial charge in [-0.3, -0.25) is 4.79 Å². The van der Waals surface area contributed by atoms with Gasteiger partial charge in [-0.15, -0.1) is 0 Å². The van der Waals surface area contributed by atoms with Crippen LogP contribution in [-0.4, -0.2) is 34.5 Å². The van der Waals surface area contributed by atoms with E-state index in [1.165, 1.54) is 30.2 Å². The number of hydrogen-bond donors (Lipinski definition) is 1. The van der Waals surface area contributed by atoms with E-state index in [0.717, 1.165) is 0 Å². The number of likely N-dealkylation sites (N-methyl/N-ethyl adjacent to an activating group) is 1. The van der Waals surface area contributed by atoms with Gasteiger partial charge in [-0.2, -0.15) is 0 Å². The maximum Gasteiger partial charge on any atom is 0.244 e. The molecule has 6 nitrogen and oxygen atoms in total. The van der Waals surface area contributed by atoms with Crippen LogP contribution in [0.25, 0.3) is 0 Å². The lowest BCUT2D eigenvalue weighted by molar-refractivity contribution is -0.117. The van der Waals surface area contributed by atoms with E-state index in [2.05, 4.69) is 4.72 Å². The third-order valence-electron chi connectivity index (χ3n) is 3.51. The molecule has 2 aromatic carbocycles. The summed E-state index contributed by atoms with van der Waals surface area (Å²) in [6, 6.07) is 13.3. The standard InChI is InChI=1S/C17H19ClN2O4S/c1-3-20(14-7-5-4-6-8-14)17(21)12-19-25(22,23)16-11-13(18)9-10-15(16)24-2/h4-11,19H,3,12H2,1-2H3. The van der Waals surface area contributed by atoms with Gasteiger partial charge in [0.25, 0.3) is 0 Å². The second kappa shape index (κ2) is 8.33. The Bertz CT molecular complexity index is 841. The van der Waals surface area contributed by atoms with Crippen molar-refractivity contribution in [2.45, 2.75) is 11.8 Å². The number of hydrogen-bond acceptors (Lipinski definition) is 4. The number of nitrogens with one attached hydrogen (secondary N) is 1. The molecule has 0 heterocycles. The average molecular weight is 383 g/mol. The van der Waals surface area contributed by atoms with Gasteiger partial charge in [0.05, 0.1) is 13.7 Å². The first kappa shape index (κ1) is 19.2. The lowest BCUT2D eigenvalue weighted by Gasteiger charge is -2.21. The molecule has 0 aliphatic heterocycles. The lowest BCUT2D eigenvalue weighted by Crippen LogP contribution is -2.40. The Morgan fingerprint density at radius 3 is 2.48 bits per heavy atom. The summed E-state index contributed by atoms with van der Waals surface area (Å²) in [5, 5.41) is 0.256. The second-order valence-electron chi connectivity index (χ2n) is 5.09. The molecule has 0 unspecified atom stereocenters. The molecule has 0 aliphatic rings. The van der Waals surface area contributed by atoms with Crippen LogP contribution in [0.2, 0.25) is 5.02 Å². The fourth-order valence-corrected chi connectivity index (χ4v) is 3.71. The SMILES string of the molecule is CCN(C(=O)CNS(=O)(=O)c1cc(Cl)ccc1OC)c1ccccc1. The highest BCUT2D eigenvalue weighted by molar-refractivity contribution is 7.89. The number of carbonyl (C=O) groups excluding carboxylic acids is 1. The summed E-state index contributed by atoms with van der Waals surface area (Å²) in [4.78, 5) is 13.8. The Hall–Kier alpha value is -2.09. The predicted octanol–water partition coefficient (Wildman–Crippen LogP) is 2.68. The summed E-state index contributed by atoms with van der Waals surface area (Å²) in [5.74, 6) is -0.210. The van der Waals surface area contributed by atoms with E-state index < -0.39 is 10.0 Å². The number of rotatable bonds is 7. The first-order valence-corrected chi connectivity index (χ1v) is 9.43. The van der Waals surface area contributed by atoms with Crippen LogP contribution in [0.15, 0.2) is 53.4 Å². The van der Waals surface area contributed by atoms with Crippen LogP contribution >= 0.6 is 11.6 Å². The molecular weight excluding hydrogens is 364 g/mol. The van der Waals surface area contributed by atoms with Crippen molar-refractivity contribution >= 4 is 33.2 Å². The molecule has 25 heavy (non-hydrogen) atoms. The fourth-order valence-electron chi connectivity index (χ4n) is 2.30. The maximum atomic E-state index is 12.5. The Morgan fingerprint density at radius 1 is 1.20 bits per heavy atom. The van der Waals surface area contributed by atoms with Gasteiger partial charge in [0.2, 0.25) is 15.9 Å². The molecule has 2 rings (SSSR count). The minimum atomic E-state index is -3.95. The molecule has 0 fully saturated rings. The van der Waals surface area contributed by atoms with Crippen LogP contribution in [0, 0.1) is 0 Å². The number of ether oxygens (including phenoxy) is 1. The van der Waals surface area contributed by atoms with Crippen LogP contribution in [0.5, 0.6) is 5.75 Å². The number of amides is 1. The van der Waals surface area contributed by atoms with E-state index in [1.807, 2.05) is 25.1 Å². The van der Waals surface area contributed by atoms with Gasteiger partial charge in [0.15, 0.2) is 0 Å². The van der Waals surface area contributed by atoms with Gasteiger partial charge < -0.3 is 9.64 Å². The van der Waals surface area contributed by atoms with Crippen molar-refractivity contribution < 1.29 is 17.9 Å². The number of halogens is 1. The van der Waals surface area contributed by atoms with Crippen molar-refractivity contribution in [3.8, 4) is 5.75 Å². The minimum Gasteiger partial charge on any atom is -0.495 e. The van der Waals surface area contributed by atoms with E-state index >= 15 is 0 Å². The van der Waals surface area contributed by atoms with E-state index in [4.69, 9.17) is 16.3 Å². The maximum absolute atomic E-state index is 12.5. The first-order chi connectivity index (χ1) is 11.9. The number of nitrogens with zero attached hydrogens (tertiary/aromatic N) is 1.